The van der Waals surface area contributed by atoms with Crippen molar-refractivity contribution in [2.24, 2.45) is 11.8 Å². The normalized spacial score (nSPS) is 20.0. The van der Waals surface area contributed by atoms with E-state index in [0.717, 1.165) is 41.7 Å². The summed E-state index contributed by atoms with van der Waals surface area (Å²) in [6.07, 6.45) is 4.63. The molecule has 0 N–H and O–H groups in total. The molecule has 1 fully saturated rings. The van der Waals surface area contributed by atoms with Gasteiger partial charge in [0.2, 0.25) is 0 Å². The van der Waals surface area contributed by atoms with E-state index in [0.29, 0.717) is 22.4 Å². The number of carbonyl (C=O) groups excluding carboxylic acids is 1. The molecule has 0 unspecified atom stereocenters. The Bertz CT molecular complexity index is 980. The summed E-state index contributed by atoms with van der Waals surface area (Å²) in [5, 5.41) is 1.41. The third-order valence-corrected chi connectivity index (χ3v) is 5.37. The molecule has 3 aromatic rings. The molecule has 0 saturated carbocycles. The minimum Gasteiger partial charge on any atom is -0.338 e. The van der Waals surface area contributed by atoms with Crippen molar-refractivity contribution in [3.8, 4) is 11.3 Å². The van der Waals surface area contributed by atoms with Crippen molar-refractivity contribution in [2.75, 3.05) is 13.1 Å². The van der Waals surface area contributed by atoms with Crippen LogP contribution in [0.1, 0.15) is 30.6 Å². The molecule has 2 atom stereocenters. The van der Waals surface area contributed by atoms with E-state index in [9.17, 15) is 4.79 Å². The van der Waals surface area contributed by atoms with Crippen molar-refractivity contribution in [1.82, 2.24) is 14.9 Å². The molecule has 1 aliphatic heterocycles. The van der Waals surface area contributed by atoms with Crippen molar-refractivity contribution in [1.29, 1.82) is 0 Å². The number of fused-ring (bicyclic) bond motifs is 1. The first-order valence-corrected chi connectivity index (χ1v) is 9.69. The Hall–Kier alpha value is -2.46. The minimum absolute atomic E-state index is 0.0540. The largest absolute Gasteiger partial charge is 0.338 e. The number of pyridine rings is 2. The van der Waals surface area contributed by atoms with Gasteiger partial charge in [-0.2, -0.15) is 0 Å². The molecule has 0 bridgehead atoms. The number of amides is 1. The topological polar surface area (TPSA) is 46.1 Å². The Morgan fingerprint density at radius 2 is 1.78 bits per heavy atom. The van der Waals surface area contributed by atoms with Gasteiger partial charge >= 0.3 is 0 Å². The smallest absolute Gasteiger partial charge is 0.254 e. The molecule has 0 spiro atoms. The fraction of sp³-hybridized carbons (Fsp3) is 0.318. The first-order chi connectivity index (χ1) is 13.0. The van der Waals surface area contributed by atoms with Gasteiger partial charge in [-0.05, 0) is 54.7 Å². The van der Waals surface area contributed by atoms with Gasteiger partial charge in [-0.15, -0.1) is 0 Å². The molecular formula is C22H22ClN3O. The molecule has 1 aliphatic rings. The quantitative estimate of drug-likeness (QED) is 0.624. The molecular weight excluding hydrogens is 358 g/mol. The van der Waals surface area contributed by atoms with E-state index in [1.807, 2.05) is 41.3 Å². The van der Waals surface area contributed by atoms with Gasteiger partial charge in [-0.25, -0.2) is 4.98 Å². The molecule has 138 valence electrons. The Kier molecular flexibility index (Phi) is 4.83. The average Bonchev–Trinajstić information content (AvgIpc) is 2.66. The highest BCUT2D eigenvalue weighted by atomic mass is 35.5. The van der Waals surface area contributed by atoms with Crippen molar-refractivity contribution >= 4 is 28.4 Å². The number of likely N-dealkylation sites (tertiary alicyclic amines) is 1. The molecule has 1 saturated heterocycles. The van der Waals surface area contributed by atoms with Gasteiger partial charge in [0, 0.05) is 41.5 Å². The standard InChI is InChI=1S/C22H22ClN3O/c1-14-9-15(2)13-26(12-14)22(27)19-11-21(16-5-7-24-8-6-16)25-20-4-3-17(23)10-18(19)20/h3-8,10-11,14-15H,9,12-13H2,1-2H3/t14-,15-/m0/s1. The number of benzene rings is 1. The van der Waals surface area contributed by atoms with Gasteiger partial charge in [-0.1, -0.05) is 25.4 Å². The van der Waals surface area contributed by atoms with Crippen molar-refractivity contribution in [2.45, 2.75) is 20.3 Å². The lowest BCUT2D eigenvalue weighted by atomic mass is 9.91. The number of halogens is 1. The van der Waals surface area contributed by atoms with Crippen LogP contribution in [0, 0.1) is 11.8 Å². The summed E-state index contributed by atoms with van der Waals surface area (Å²) >= 11 is 6.22. The summed E-state index contributed by atoms with van der Waals surface area (Å²) in [5.41, 5.74) is 3.15. The number of carbonyl (C=O) groups is 1. The summed E-state index contributed by atoms with van der Waals surface area (Å²) in [4.78, 5) is 24.2. The van der Waals surface area contributed by atoms with Crippen LogP contribution in [0.2, 0.25) is 5.02 Å². The molecule has 5 heteroatoms. The van der Waals surface area contributed by atoms with Gasteiger partial charge in [0.1, 0.15) is 0 Å². The molecule has 27 heavy (non-hydrogen) atoms. The zero-order valence-electron chi connectivity index (χ0n) is 15.5. The van der Waals surface area contributed by atoms with E-state index >= 15 is 0 Å². The summed E-state index contributed by atoms with van der Waals surface area (Å²) in [6.45, 7) is 6.00. The Labute approximate surface area is 164 Å². The second-order valence-electron chi connectivity index (χ2n) is 7.61. The minimum atomic E-state index is 0.0540. The van der Waals surface area contributed by atoms with Crippen LogP contribution in [-0.2, 0) is 0 Å². The molecule has 0 radical (unpaired) electrons. The van der Waals surface area contributed by atoms with Gasteiger partial charge < -0.3 is 4.90 Å². The monoisotopic (exact) mass is 379 g/mol. The molecule has 1 amide bonds. The maximum atomic E-state index is 13.4. The fourth-order valence-corrected chi connectivity index (χ4v) is 4.22. The maximum absolute atomic E-state index is 13.4. The third kappa shape index (κ3) is 3.67. The van der Waals surface area contributed by atoms with Gasteiger partial charge in [0.15, 0.2) is 0 Å². The van der Waals surface area contributed by atoms with E-state index in [-0.39, 0.29) is 5.91 Å². The van der Waals surface area contributed by atoms with E-state index in [1.165, 1.54) is 0 Å². The van der Waals surface area contributed by atoms with E-state index in [2.05, 4.69) is 18.8 Å². The molecule has 4 nitrogen and oxygen atoms in total. The molecule has 3 heterocycles. The highest BCUT2D eigenvalue weighted by Crippen LogP contribution is 2.29. The Morgan fingerprint density at radius 3 is 2.48 bits per heavy atom. The van der Waals surface area contributed by atoms with Crippen molar-refractivity contribution in [3.63, 3.8) is 0 Å². The molecule has 1 aromatic carbocycles. The van der Waals surface area contributed by atoms with Crippen LogP contribution in [0.3, 0.4) is 0 Å². The van der Waals surface area contributed by atoms with Crippen LogP contribution in [0.25, 0.3) is 22.2 Å². The molecule has 4 rings (SSSR count). The lowest BCUT2D eigenvalue weighted by Gasteiger charge is -2.35. The summed E-state index contributed by atoms with van der Waals surface area (Å²) < 4.78 is 0. The second kappa shape index (κ2) is 7.28. The second-order valence-corrected chi connectivity index (χ2v) is 8.05. The maximum Gasteiger partial charge on any atom is 0.254 e. The van der Waals surface area contributed by atoms with E-state index < -0.39 is 0 Å². The fourth-order valence-electron chi connectivity index (χ4n) is 4.04. The lowest BCUT2D eigenvalue weighted by molar-refractivity contribution is 0.0625. The number of aromatic nitrogens is 2. The summed E-state index contributed by atoms with van der Waals surface area (Å²) in [7, 11) is 0. The van der Waals surface area contributed by atoms with Crippen molar-refractivity contribution < 1.29 is 4.79 Å². The van der Waals surface area contributed by atoms with Gasteiger partial charge in [0.05, 0.1) is 16.8 Å². The number of rotatable bonds is 2. The van der Waals surface area contributed by atoms with Gasteiger partial charge in [0.25, 0.3) is 5.91 Å². The first kappa shape index (κ1) is 17.9. The zero-order chi connectivity index (χ0) is 19.0. The predicted octanol–water partition coefficient (Wildman–Crippen LogP) is 5.07. The molecule has 0 aliphatic carbocycles. The Balaban J connectivity index is 1.84. The van der Waals surface area contributed by atoms with Crippen LogP contribution in [0.5, 0.6) is 0 Å². The highest BCUT2D eigenvalue weighted by molar-refractivity contribution is 6.31. The van der Waals surface area contributed by atoms with Crippen LogP contribution >= 0.6 is 11.6 Å². The summed E-state index contributed by atoms with van der Waals surface area (Å²) in [6, 6.07) is 11.2. The van der Waals surface area contributed by atoms with E-state index in [1.54, 1.807) is 12.4 Å². The predicted molar refractivity (Wildman–Crippen MR) is 109 cm³/mol. The SMILES string of the molecule is C[C@H]1C[C@H](C)CN(C(=O)c2cc(-c3ccncc3)nc3ccc(Cl)cc23)C1. The van der Waals surface area contributed by atoms with Crippen LogP contribution < -0.4 is 0 Å². The van der Waals surface area contributed by atoms with Gasteiger partial charge in [-0.3, -0.25) is 9.78 Å². The Morgan fingerprint density at radius 1 is 1.07 bits per heavy atom. The number of nitrogens with zero attached hydrogens (tertiary/aromatic N) is 3. The first-order valence-electron chi connectivity index (χ1n) is 9.31. The number of hydrogen-bond donors (Lipinski definition) is 0. The van der Waals surface area contributed by atoms with Crippen LogP contribution in [0.4, 0.5) is 0 Å². The zero-order valence-corrected chi connectivity index (χ0v) is 16.3. The van der Waals surface area contributed by atoms with Crippen LogP contribution in [0.15, 0.2) is 48.8 Å². The van der Waals surface area contributed by atoms with Crippen LogP contribution in [-0.4, -0.2) is 33.9 Å². The number of piperidine rings is 1. The average molecular weight is 380 g/mol. The number of hydrogen-bond acceptors (Lipinski definition) is 3. The lowest BCUT2D eigenvalue weighted by Crippen LogP contribution is -2.42. The van der Waals surface area contributed by atoms with E-state index in [4.69, 9.17) is 16.6 Å². The summed E-state index contributed by atoms with van der Waals surface area (Å²) in [5.74, 6) is 1.07. The third-order valence-electron chi connectivity index (χ3n) is 5.13. The highest BCUT2D eigenvalue weighted by Gasteiger charge is 2.27. The van der Waals surface area contributed by atoms with Crippen molar-refractivity contribution in [3.05, 3.63) is 59.4 Å². The molecule has 2 aromatic heterocycles.